The normalized spacial score (nSPS) is 16.1. The van der Waals surface area contributed by atoms with Gasteiger partial charge in [0.1, 0.15) is 12.6 Å². The van der Waals surface area contributed by atoms with Crippen LogP contribution in [0.1, 0.15) is 46.0 Å². The van der Waals surface area contributed by atoms with Gasteiger partial charge in [-0.25, -0.2) is 0 Å². The summed E-state index contributed by atoms with van der Waals surface area (Å²) in [6, 6.07) is 0. The number of nitrogens with zero attached hydrogens (tertiary/aromatic N) is 1. The SMILES string of the molecule is CCCCCC(Cl)CC[N+](C)(C)CC(C)O. The lowest BCUT2D eigenvalue weighted by Crippen LogP contribution is -2.45. The maximum Gasteiger partial charge on any atom is 0.104 e. The van der Waals surface area contributed by atoms with Crippen molar-refractivity contribution in [1.29, 1.82) is 0 Å². The fourth-order valence-electron chi connectivity index (χ4n) is 2.06. The van der Waals surface area contributed by atoms with E-state index in [2.05, 4.69) is 21.0 Å². The molecule has 16 heavy (non-hydrogen) atoms. The summed E-state index contributed by atoms with van der Waals surface area (Å²) in [5.41, 5.74) is 0. The van der Waals surface area contributed by atoms with Crippen LogP contribution in [0.15, 0.2) is 0 Å². The van der Waals surface area contributed by atoms with Crippen LogP contribution >= 0.6 is 11.6 Å². The molecule has 3 heteroatoms. The standard InChI is InChI=1S/C13H29ClNO/c1-5-6-7-8-13(14)9-10-15(3,4)11-12(2)16/h12-13,16H,5-11H2,1-4H3/q+1. The minimum absolute atomic E-state index is 0.233. The van der Waals surface area contributed by atoms with Crippen LogP contribution < -0.4 is 0 Å². The lowest BCUT2D eigenvalue weighted by molar-refractivity contribution is -0.893. The third-order valence-electron chi connectivity index (χ3n) is 2.93. The van der Waals surface area contributed by atoms with Crippen LogP contribution in [0.4, 0.5) is 0 Å². The molecule has 2 unspecified atom stereocenters. The minimum Gasteiger partial charge on any atom is -0.388 e. The first-order chi connectivity index (χ1) is 7.37. The van der Waals surface area contributed by atoms with E-state index in [4.69, 9.17) is 11.6 Å². The van der Waals surface area contributed by atoms with Gasteiger partial charge in [0.25, 0.3) is 0 Å². The second-order valence-electron chi connectivity index (χ2n) is 5.57. The van der Waals surface area contributed by atoms with E-state index in [1.807, 2.05) is 6.92 Å². The van der Waals surface area contributed by atoms with Crippen molar-refractivity contribution in [1.82, 2.24) is 0 Å². The van der Waals surface area contributed by atoms with E-state index in [0.717, 1.165) is 30.4 Å². The molecule has 0 amide bonds. The Hall–Kier alpha value is 0.210. The van der Waals surface area contributed by atoms with Gasteiger partial charge in [-0.05, 0) is 13.3 Å². The van der Waals surface area contributed by atoms with Gasteiger partial charge in [-0.3, -0.25) is 0 Å². The molecule has 0 aliphatic carbocycles. The summed E-state index contributed by atoms with van der Waals surface area (Å²) in [5, 5.41) is 9.68. The molecule has 0 radical (unpaired) electrons. The molecule has 0 aromatic carbocycles. The molecule has 98 valence electrons. The predicted molar refractivity (Wildman–Crippen MR) is 71.9 cm³/mol. The van der Waals surface area contributed by atoms with E-state index in [9.17, 15) is 5.11 Å². The Kier molecular flexibility index (Phi) is 8.43. The van der Waals surface area contributed by atoms with Gasteiger partial charge in [-0.2, -0.15) is 0 Å². The molecule has 0 aliphatic rings. The lowest BCUT2D eigenvalue weighted by Gasteiger charge is -2.31. The third-order valence-corrected chi connectivity index (χ3v) is 3.36. The van der Waals surface area contributed by atoms with Crippen molar-refractivity contribution in [3.05, 3.63) is 0 Å². The molecular formula is C13H29ClNO+. The highest BCUT2D eigenvalue weighted by Crippen LogP contribution is 2.14. The third kappa shape index (κ3) is 9.44. The van der Waals surface area contributed by atoms with Gasteiger partial charge in [-0.15, -0.1) is 11.6 Å². The van der Waals surface area contributed by atoms with Gasteiger partial charge in [0, 0.05) is 11.8 Å². The summed E-state index contributed by atoms with van der Waals surface area (Å²) in [6.07, 6.45) is 5.73. The molecule has 2 nitrogen and oxygen atoms in total. The van der Waals surface area contributed by atoms with Crippen molar-refractivity contribution in [2.75, 3.05) is 27.2 Å². The zero-order chi connectivity index (χ0) is 12.6. The average molecular weight is 251 g/mol. The minimum atomic E-state index is -0.233. The number of halogens is 1. The molecule has 0 saturated heterocycles. The number of unbranched alkanes of at least 4 members (excludes halogenated alkanes) is 2. The molecule has 0 aliphatic heterocycles. The maximum atomic E-state index is 9.38. The number of hydrogen-bond acceptors (Lipinski definition) is 1. The van der Waals surface area contributed by atoms with E-state index in [0.29, 0.717) is 5.38 Å². The Balaban J connectivity index is 3.68. The zero-order valence-corrected chi connectivity index (χ0v) is 12.1. The average Bonchev–Trinajstić information content (AvgIpc) is 2.13. The van der Waals surface area contributed by atoms with Gasteiger partial charge >= 0.3 is 0 Å². The van der Waals surface area contributed by atoms with Crippen LogP contribution in [0.2, 0.25) is 0 Å². The molecule has 1 N–H and O–H groups in total. The molecule has 0 aromatic heterocycles. The van der Waals surface area contributed by atoms with Crippen molar-refractivity contribution in [2.24, 2.45) is 0 Å². The second kappa shape index (κ2) is 8.32. The van der Waals surface area contributed by atoms with Crippen molar-refractivity contribution >= 4 is 11.6 Å². The molecular weight excluding hydrogens is 222 g/mol. The Morgan fingerprint density at radius 3 is 2.31 bits per heavy atom. The molecule has 2 atom stereocenters. The van der Waals surface area contributed by atoms with Crippen molar-refractivity contribution in [3.8, 4) is 0 Å². The predicted octanol–water partition coefficient (Wildman–Crippen LogP) is 3.02. The van der Waals surface area contributed by atoms with E-state index < -0.39 is 0 Å². The molecule has 0 fully saturated rings. The second-order valence-corrected chi connectivity index (χ2v) is 6.19. The molecule has 0 heterocycles. The fraction of sp³-hybridized carbons (Fsp3) is 1.00. The number of aliphatic hydroxyl groups excluding tert-OH is 1. The molecule has 0 saturated carbocycles. The molecule has 0 bridgehead atoms. The first-order valence-electron chi connectivity index (χ1n) is 6.51. The fourth-order valence-corrected chi connectivity index (χ4v) is 2.31. The summed E-state index contributed by atoms with van der Waals surface area (Å²) in [4.78, 5) is 0. The van der Waals surface area contributed by atoms with Gasteiger partial charge in [0.15, 0.2) is 0 Å². The Bertz CT molecular complexity index is 171. The highest BCUT2D eigenvalue weighted by Gasteiger charge is 2.19. The van der Waals surface area contributed by atoms with E-state index in [-0.39, 0.29) is 6.10 Å². The summed E-state index contributed by atoms with van der Waals surface area (Å²) in [5.74, 6) is 0. The smallest absolute Gasteiger partial charge is 0.104 e. The number of hydrogen-bond donors (Lipinski definition) is 1. The van der Waals surface area contributed by atoms with E-state index in [1.165, 1.54) is 19.3 Å². The highest BCUT2D eigenvalue weighted by atomic mass is 35.5. The number of likely N-dealkylation sites (N-methyl/N-ethyl adjacent to an activating group) is 1. The quantitative estimate of drug-likeness (QED) is 0.379. The summed E-state index contributed by atoms with van der Waals surface area (Å²) >= 11 is 6.29. The molecule has 0 spiro atoms. The van der Waals surface area contributed by atoms with Gasteiger partial charge in [0.2, 0.25) is 0 Å². The van der Waals surface area contributed by atoms with Crippen LogP contribution in [-0.4, -0.2) is 48.3 Å². The Morgan fingerprint density at radius 2 is 1.81 bits per heavy atom. The van der Waals surface area contributed by atoms with Crippen molar-refractivity contribution in [3.63, 3.8) is 0 Å². The van der Waals surface area contributed by atoms with Crippen LogP contribution in [0, 0.1) is 0 Å². The Morgan fingerprint density at radius 1 is 1.19 bits per heavy atom. The lowest BCUT2D eigenvalue weighted by atomic mass is 10.1. The summed E-state index contributed by atoms with van der Waals surface area (Å²) in [6.45, 7) is 5.91. The highest BCUT2D eigenvalue weighted by molar-refractivity contribution is 6.20. The number of aliphatic hydroxyl groups is 1. The first kappa shape index (κ1) is 16.2. The topological polar surface area (TPSA) is 20.2 Å². The molecule has 0 rings (SSSR count). The number of alkyl halides is 1. The Labute approximate surface area is 106 Å². The maximum absolute atomic E-state index is 9.38. The first-order valence-corrected chi connectivity index (χ1v) is 6.95. The summed E-state index contributed by atoms with van der Waals surface area (Å²) in [7, 11) is 4.31. The van der Waals surface area contributed by atoms with Gasteiger partial charge in [-0.1, -0.05) is 26.2 Å². The van der Waals surface area contributed by atoms with Crippen LogP contribution in [0.5, 0.6) is 0 Å². The van der Waals surface area contributed by atoms with Crippen molar-refractivity contribution in [2.45, 2.75) is 57.4 Å². The van der Waals surface area contributed by atoms with E-state index in [1.54, 1.807) is 0 Å². The summed E-state index contributed by atoms with van der Waals surface area (Å²) < 4.78 is 0.856. The zero-order valence-electron chi connectivity index (χ0n) is 11.4. The number of quaternary nitrogens is 1. The van der Waals surface area contributed by atoms with Crippen LogP contribution in [0.3, 0.4) is 0 Å². The number of rotatable bonds is 9. The van der Waals surface area contributed by atoms with E-state index >= 15 is 0 Å². The molecule has 0 aromatic rings. The largest absolute Gasteiger partial charge is 0.388 e. The van der Waals surface area contributed by atoms with Crippen LogP contribution in [0.25, 0.3) is 0 Å². The van der Waals surface area contributed by atoms with Crippen molar-refractivity contribution < 1.29 is 9.59 Å². The monoisotopic (exact) mass is 250 g/mol. The van der Waals surface area contributed by atoms with Gasteiger partial charge in [0.05, 0.1) is 20.6 Å². The van der Waals surface area contributed by atoms with Gasteiger partial charge < -0.3 is 9.59 Å². The van der Waals surface area contributed by atoms with Crippen LogP contribution in [-0.2, 0) is 0 Å².